The molecule has 10 amide bonds. The summed E-state index contributed by atoms with van der Waals surface area (Å²) in [6, 6.07) is -9.36. The molecule has 13 atom stereocenters. The van der Waals surface area contributed by atoms with Crippen LogP contribution in [0.25, 0.3) is 0 Å². The number of nitrogens with two attached hydrogens (primary N) is 4. The van der Waals surface area contributed by atoms with Crippen LogP contribution in [0.5, 0.6) is 0 Å². The lowest BCUT2D eigenvalue weighted by atomic mass is 9.95. The van der Waals surface area contributed by atoms with E-state index in [1.54, 1.807) is 58.8 Å². The summed E-state index contributed by atoms with van der Waals surface area (Å²) in [6.45, 7) is 8.76. The Bertz CT molecular complexity index is 2250. The van der Waals surface area contributed by atoms with Crippen LogP contribution in [-0.4, -0.2) is 186 Å². The van der Waals surface area contributed by atoms with E-state index >= 15 is 0 Å². The van der Waals surface area contributed by atoms with E-state index < -0.39 is 157 Å². The fraction of sp³-hybridized carbons (Fsp3) is 0.646. The van der Waals surface area contributed by atoms with Crippen molar-refractivity contribution in [3.63, 3.8) is 0 Å². The third kappa shape index (κ3) is 20.4. The minimum absolute atomic E-state index is 0.00322. The fourth-order valence-corrected chi connectivity index (χ4v) is 7.73. The van der Waals surface area contributed by atoms with Crippen molar-refractivity contribution in [2.24, 2.45) is 45.7 Å². The number of carbonyl (C=O) groups is 10. The van der Waals surface area contributed by atoms with Gasteiger partial charge in [0.25, 0.3) is 0 Å². The second-order valence-electron chi connectivity index (χ2n) is 19.9. The lowest BCUT2D eigenvalue weighted by molar-refractivity contribution is -0.140. The molecule has 0 saturated carbocycles. The van der Waals surface area contributed by atoms with Crippen molar-refractivity contribution < 1.29 is 68.4 Å². The summed E-state index contributed by atoms with van der Waals surface area (Å²) >= 11 is 0. The van der Waals surface area contributed by atoms with Crippen molar-refractivity contribution in [3.8, 4) is 0 Å². The Morgan fingerprint density at radius 3 is 1.70 bits per heavy atom. The first-order valence-corrected chi connectivity index (χ1v) is 25.2. The number of benzene rings is 1. The predicted octanol–water partition coefficient (Wildman–Crippen LogP) is -6.86. The van der Waals surface area contributed by atoms with Crippen LogP contribution < -0.4 is 75.7 Å². The largest absolute Gasteiger partial charge is 0.394 e. The first kappa shape index (κ1) is 65.9. The smallest absolute Gasteiger partial charge is 0.248 e. The topological polar surface area (TPSA) is 480 Å². The summed E-state index contributed by atoms with van der Waals surface area (Å²) in [5.74, 6) is -13.6. The summed E-state index contributed by atoms with van der Waals surface area (Å²) in [6.07, 6.45) is -5.60. The van der Waals surface area contributed by atoms with Crippen LogP contribution in [0, 0.1) is 17.8 Å². The van der Waals surface area contributed by atoms with Crippen LogP contribution in [0.1, 0.15) is 85.8 Å². The number of nitrogens with zero attached hydrogens (tertiary/aromatic N) is 2. The number of carbonyl (C=O) groups excluding carboxylic acids is 10. The summed E-state index contributed by atoms with van der Waals surface area (Å²) in [4.78, 5) is 144. The third-order valence-corrected chi connectivity index (χ3v) is 12.6. The van der Waals surface area contributed by atoms with Crippen LogP contribution in [0.15, 0.2) is 29.3 Å². The minimum atomic E-state index is -2.48. The maximum absolute atomic E-state index is 14.4. The Balaban J connectivity index is 2.90. The van der Waals surface area contributed by atoms with Gasteiger partial charge in [0.2, 0.25) is 59.1 Å². The molecule has 1 aromatic rings. The van der Waals surface area contributed by atoms with Gasteiger partial charge in [-0.05, 0) is 61.6 Å². The van der Waals surface area contributed by atoms with Crippen LogP contribution in [0.4, 0.5) is 5.69 Å². The molecule has 0 bridgehead atoms. The van der Waals surface area contributed by atoms with Gasteiger partial charge in [-0.2, -0.15) is 0 Å². The van der Waals surface area contributed by atoms with E-state index in [9.17, 15) is 68.4 Å². The maximum atomic E-state index is 14.4. The van der Waals surface area contributed by atoms with Crippen LogP contribution >= 0.6 is 0 Å². The molecule has 1 aromatic carbocycles. The van der Waals surface area contributed by atoms with E-state index in [0.29, 0.717) is 5.69 Å². The zero-order valence-corrected chi connectivity index (χ0v) is 45.0. The normalized spacial score (nSPS) is 26.0. The minimum Gasteiger partial charge on any atom is -0.394 e. The Morgan fingerprint density at radius 2 is 1.18 bits per heavy atom. The number of aliphatic imine (C=N–C) groups is 1. The van der Waals surface area contributed by atoms with E-state index in [0.717, 1.165) is 6.92 Å². The van der Waals surface area contributed by atoms with Crippen LogP contribution in [-0.2, 0) is 47.9 Å². The molecule has 432 valence electrons. The number of guanidine groups is 1. The van der Waals surface area contributed by atoms with Crippen molar-refractivity contribution in [2.45, 2.75) is 147 Å². The molecule has 29 heteroatoms. The van der Waals surface area contributed by atoms with Crippen molar-refractivity contribution >= 4 is 70.7 Å². The van der Waals surface area contributed by atoms with Gasteiger partial charge < -0.3 is 96.1 Å². The molecule has 0 aromatic heterocycles. The van der Waals surface area contributed by atoms with Gasteiger partial charge in [-0.15, -0.1) is 0 Å². The first-order chi connectivity index (χ1) is 35.9. The molecular weight excluding hydrogens is 1010 g/mol. The van der Waals surface area contributed by atoms with E-state index in [2.05, 4.69) is 47.5 Å². The second kappa shape index (κ2) is 31.1. The molecule has 1 heterocycles. The number of rotatable bonds is 16. The maximum Gasteiger partial charge on any atom is 0.248 e. The molecular formula is C48H81N15O14. The Morgan fingerprint density at radius 1 is 0.662 bits per heavy atom. The molecule has 1 aliphatic heterocycles. The fourth-order valence-electron chi connectivity index (χ4n) is 7.73. The molecule has 0 radical (unpaired) electrons. The number of aliphatic hydroxyl groups excluding tert-OH is 4. The molecule has 0 aliphatic carbocycles. The SMILES string of the molecule is CC[C@H](C)[C@@H]1NC(=O)[C@@H](CCCN=C(N)N)NC(=O)[C@H](CC(C)C)NC(=O)[C@H]([C@H](O)C(C)C)NC(=O)[C@@H](N)[C@@H](c2ccc(N(C)C)cc2)NC(=O)[C@H](CO)NC(=O)[C@H]([C@H](O)C(N)=O)NC(=O)CNC(=O)C([C@H](C)O)NC1=O. The monoisotopic (exact) mass is 1090 g/mol. The Hall–Kier alpha value is -7.21. The molecule has 2 rings (SSSR count). The summed E-state index contributed by atoms with van der Waals surface area (Å²) in [5, 5.41) is 64.6. The molecule has 1 aliphatic rings. The summed E-state index contributed by atoms with van der Waals surface area (Å²) < 4.78 is 0. The third-order valence-electron chi connectivity index (χ3n) is 12.6. The van der Waals surface area contributed by atoms with Crippen molar-refractivity contribution in [1.82, 2.24) is 47.9 Å². The van der Waals surface area contributed by atoms with E-state index in [1.165, 1.54) is 26.0 Å². The lowest BCUT2D eigenvalue weighted by Gasteiger charge is -2.32. The zero-order chi connectivity index (χ0) is 58.6. The number of primary amides is 1. The van der Waals surface area contributed by atoms with E-state index in [1.807, 2.05) is 5.32 Å². The van der Waals surface area contributed by atoms with Crippen molar-refractivity contribution in [2.75, 3.05) is 38.7 Å². The zero-order valence-electron chi connectivity index (χ0n) is 45.0. The van der Waals surface area contributed by atoms with E-state index in [4.69, 9.17) is 22.9 Å². The first-order valence-electron chi connectivity index (χ1n) is 25.2. The second-order valence-corrected chi connectivity index (χ2v) is 19.9. The molecule has 21 N–H and O–H groups in total. The van der Waals surface area contributed by atoms with Crippen LogP contribution in [0.3, 0.4) is 0 Å². The summed E-state index contributed by atoms with van der Waals surface area (Å²) in [7, 11) is 3.49. The predicted molar refractivity (Wildman–Crippen MR) is 280 cm³/mol. The molecule has 1 unspecified atom stereocenters. The summed E-state index contributed by atoms with van der Waals surface area (Å²) in [5.41, 5.74) is 23.7. The molecule has 29 nitrogen and oxygen atoms in total. The van der Waals surface area contributed by atoms with Gasteiger partial charge in [0, 0.05) is 26.3 Å². The number of aliphatic hydroxyl groups is 4. The quantitative estimate of drug-likeness (QED) is 0.0416. The highest BCUT2D eigenvalue weighted by Gasteiger charge is 2.40. The number of amides is 10. The lowest BCUT2D eigenvalue weighted by Crippen LogP contribution is -2.64. The highest BCUT2D eigenvalue weighted by Crippen LogP contribution is 2.22. The Labute approximate surface area is 447 Å². The average Bonchev–Trinajstić information content (AvgIpc) is 3.36. The van der Waals surface area contributed by atoms with Gasteiger partial charge in [0.05, 0.1) is 31.4 Å². The van der Waals surface area contributed by atoms with Gasteiger partial charge in [-0.3, -0.25) is 52.9 Å². The number of hydrogen-bond acceptors (Lipinski definition) is 17. The molecule has 1 fully saturated rings. The number of hydrogen-bond donors (Lipinski definition) is 17. The van der Waals surface area contributed by atoms with E-state index in [-0.39, 0.29) is 49.7 Å². The molecule has 77 heavy (non-hydrogen) atoms. The Kier molecular flexibility index (Phi) is 26.6. The van der Waals surface area contributed by atoms with Crippen molar-refractivity contribution in [1.29, 1.82) is 0 Å². The van der Waals surface area contributed by atoms with Gasteiger partial charge in [-0.25, -0.2) is 0 Å². The van der Waals surface area contributed by atoms with Gasteiger partial charge in [0.1, 0.15) is 48.3 Å². The number of nitrogens with one attached hydrogen (secondary N) is 9. The van der Waals surface area contributed by atoms with Gasteiger partial charge in [-0.1, -0.05) is 60.1 Å². The van der Waals surface area contributed by atoms with Crippen LogP contribution in [0.2, 0.25) is 0 Å². The van der Waals surface area contributed by atoms with Crippen molar-refractivity contribution in [3.05, 3.63) is 29.8 Å². The number of anilines is 1. The van der Waals surface area contributed by atoms with Gasteiger partial charge >= 0.3 is 0 Å². The average molecular weight is 1090 g/mol. The highest BCUT2D eigenvalue weighted by atomic mass is 16.3. The molecule has 1 saturated heterocycles. The molecule has 0 spiro atoms. The standard InChI is InChI=1S/C48H81N15O14/c1-10-23(6)32-45(75)60-33(24(7)65)44(74)54-19-30(66)58-36(38(68)39(50)69)47(77)57-29(20-64)42(72)61-34(25-13-15-26(16-14-25)63(8)9)31(49)43(73)62-35(37(67)22(4)5)46(76)56-28(18-21(2)3)41(71)55-27(40(70)59-32)12-11-17-53-48(51)52/h13-16,21-24,27-29,31-38,64-65,67-68H,10-12,17-20,49H2,1-9H3,(H2,50,69)(H,54,74)(H,55,71)(H,56,76)(H,57,77)(H,58,66)(H,59,70)(H,60,75)(H,61,72)(H,62,73)(H4,51,52,53)/t23-,24-,27+,28-,29-,31-,32-,33?,34+,35-,36-,37+,38-/m0/s1. The van der Waals surface area contributed by atoms with Gasteiger partial charge in [0.15, 0.2) is 12.1 Å². The highest BCUT2D eigenvalue weighted by molar-refractivity contribution is 5.99.